The van der Waals surface area contributed by atoms with Gasteiger partial charge in [-0.15, -0.1) is 0 Å². The molecule has 0 amide bonds. The molecule has 1 heterocycles. The van der Waals surface area contributed by atoms with E-state index in [4.69, 9.17) is 14.7 Å². The molecule has 2 rings (SSSR count). The lowest BCUT2D eigenvalue weighted by molar-refractivity contribution is -0.137. The zero-order valence-corrected chi connectivity index (χ0v) is 18.9. The molecule has 0 aromatic heterocycles. The zero-order valence-electron chi connectivity index (χ0n) is 15.8. The molecular weight excluding hydrogens is 497 g/mol. The van der Waals surface area contributed by atoms with Crippen molar-refractivity contribution in [2.24, 2.45) is 0 Å². The Morgan fingerprint density at radius 2 is 1.93 bits per heavy atom. The highest BCUT2D eigenvalue weighted by molar-refractivity contribution is 14.2. The Labute approximate surface area is 172 Å². The van der Waals surface area contributed by atoms with Crippen molar-refractivity contribution in [2.45, 2.75) is 52.8 Å². The van der Waals surface area contributed by atoms with E-state index in [-0.39, 0.29) is 29.7 Å². The fourth-order valence-electron chi connectivity index (χ4n) is 2.59. The standard InChI is InChI=1S/C13H15BF4IN2O2P.C3H8/c1-6-8(13(16,17)18)9(14-22-5-12(2,3)23-14)7(4-20)11(10(6)15)21-24-19;1-3-2/h4,20-21,24H,5H2,1-3H3;3H2,1-2H3. The van der Waals surface area contributed by atoms with E-state index < -0.39 is 35.8 Å². The first-order chi connectivity index (χ1) is 12.4. The van der Waals surface area contributed by atoms with Gasteiger partial charge in [-0.1, -0.05) is 20.3 Å². The lowest BCUT2D eigenvalue weighted by Gasteiger charge is -2.24. The summed E-state index contributed by atoms with van der Waals surface area (Å²) in [6.07, 6.45) is -2.83. The molecular formula is C16H23BF4IN2O2P. The Morgan fingerprint density at radius 3 is 2.30 bits per heavy atom. The third kappa shape index (κ3) is 5.77. The molecule has 27 heavy (non-hydrogen) atoms. The lowest BCUT2D eigenvalue weighted by atomic mass is 9.71. The van der Waals surface area contributed by atoms with Crippen LogP contribution in [0.25, 0.3) is 0 Å². The third-order valence-corrected chi connectivity index (χ3v) is 4.75. The molecule has 0 aliphatic carbocycles. The van der Waals surface area contributed by atoms with Crippen molar-refractivity contribution in [1.82, 2.24) is 0 Å². The fraction of sp³-hybridized carbons (Fsp3) is 0.562. The van der Waals surface area contributed by atoms with Crippen molar-refractivity contribution in [3.8, 4) is 0 Å². The summed E-state index contributed by atoms with van der Waals surface area (Å²) in [5.41, 5.74) is -3.18. The molecule has 11 heteroatoms. The Morgan fingerprint density at radius 1 is 1.37 bits per heavy atom. The SMILES string of the molecule is CCC.Cc1c(F)c(NPI)c(C=N)c(B2OCC(C)(C)O2)c1C(F)(F)F. The van der Waals surface area contributed by atoms with Crippen LogP contribution >= 0.6 is 28.4 Å². The van der Waals surface area contributed by atoms with Crippen LogP contribution in [0.2, 0.25) is 0 Å². The van der Waals surface area contributed by atoms with Crippen molar-refractivity contribution < 1.29 is 26.9 Å². The Balaban J connectivity index is 0.00000114. The normalized spacial score (nSPS) is 16.4. The van der Waals surface area contributed by atoms with E-state index in [0.717, 1.165) is 6.92 Å². The summed E-state index contributed by atoms with van der Waals surface area (Å²) in [4.78, 5) is 0. The number of nitrogens with one attached hydrogen (secondary N) is 2. The first-order valence-electron chi connectivity index (χ1n) is 8.29. The van der Waals surface area contributed by atoms with Gasteiger partial charge in [0.25, 0.3) is 0 Å². The summed E-state index contributed by atoms with van der Waals surface area (Å²) in [6, 6.07) is 0. The van der Waals surface area contributed by atoms with Gasteiger partial charge >= 0.3 is 13.3 Å². The summed E-state index contributed by atoms with van der Waals surface area (Å²) in [5.74, 6) is -1.02. The molecule has 0 radical (unpaired) electrons. The van der Waals surface area contributed by atoms with Crippen molar-refractivity contribution in [1.29, 1.82) is 5.41 Å². The summed E-state index contributed by atoms with van der Waals surface area (Å²) in [6.45, 7) is 8.79. The zero-order chi connectivity index (χ0) is 21.0. The van der Waals surface area contributed by atoms with E-state index in [2.05, 4.69) is 18.9 Å². The molecule has 0 saturated carbocycles. The third-order valence-electron chi connectivity index (χ3n) is 3.60. The van der Waals surface area contributed by atoms with Crippen LogP contribution in [0.15, 0.2) is 0 Å². The first-order valence-corrected chi connectivity index (χ1v) is 12.4. The molecule has 1 unspecified atom stereocenters. The number of benzene rings is 1. The average molecular weight is 520 g/mol. The summed E-state index contributed by atoms with van der Waals surface area (Å²) < 4.78 is 66.2. The maximum absolute atomic E-state index is 14.5. The second-order valence-electron chi connectivity index (χ2n) is 6.61. The smallest absolute Gasteiger partial charge is 0.404 e. The molecule has 0 spiro atoms. The van der Waals surface area contributed by atoms with Gasteiger partial charge in [-0.05, 0) is 48.4 Å². The molecule has 4 nitrogen and oxygen atoms in total. The van der Waals surface area contributed by atoms with Crippen molar-refractivity contribution in [2.75, 3.05) is 11.7 Å². The van der Waals surface area contributed by atoms with Gasteiger partial charge < -0.3 is 19.8 Å². The molecule has 2 N–H and O–H groups in total. The van der Waals surface area contributed by atoms with Crippen LogP contribution in [0.4, 0.5) is 23.2 Å². The highest BCUT2D eigenvalue weighted by atomic mass is 127. The van der Waals surface area contributed by atoms with E-state index in [1.54, 1.807) is 13.8 Å². The quantitative estimate of drug-likeness (QED) is 0.183. The fourth-order valence-corrected chi connectivity index (χ4v) is 3.74. The topological polar surface area (TPSA) is 54.3 Å². The predicted octanol–water partition coefficient (Wildman–Crippen LogP) is 5.44. The second kappa shape index (κ2) is 9.85. The summed E-state index contributed by atoms with van der Waals surface area (Å²) in [7, 11) is -1.31. The Hall–Kier alpha value is -0.445. The maximum atomic E-state index is 14.5. The Kier molecular flexibility index (Phi) is 8.97. The summed E-state index contributed by atoms with van der Waals surface area (Å²) >= 11 is 1.93. The molecule has 1 aromatic carbocycles. The van der Waals surface area contributed by atoms with Crippen LogP contribution in [-0.4, -0.2) is 25.5 Å². The van der Waals surface area contributed by atoms with Crippen LogP contribution in [0.1, 0.15) is 50.8 Å². The van der Waals surface area contributed by atoms with Gasteiger partial charge in [0.2, 0.25) is 0 Å². The monoisotopic (exact) mass is 520 g/mol. The van der Waals surface area contributed by atoms with Gasteiger partial charge in [0.1, 0.15) is 0 Å². The molecule has 152 valence electrons. The number of hydrogen-bond acceptors (Lipinski definition) is 4. The Bertz CT molecular complexity index is 690. The van der Waals surface area contributed by atoms with Crippen molar-refractivity contribution in [3.63, 3.8) is 0 Å². The van der Waals surface area contributed by atoms with Gasteiger partial charge in [-0.25, -0.2) is 4.39 Å². The van der Waals surface area contributed by atoms with Crippen LogP contribution in [-0.2, 0) is 15.5 Å². The van der Waals surface area contributed by atoms with Crippen LogP contribution in [0.3, 0.4) is 0 Å². The number of rotatable bonds is 4. The molecule has 1 aliphatic heterocycles. The van der Waals surface area contributed by atoms with Gasteiger partial charge in [-0.3, -0.25) is 0 Å². The van der Waals surface area contributed by atoms with Crippen LogP contribution < -0.4 is 10.6 Å². The number of alkyl halides is 3. The number of hydrogen-bond donors (Lipinski definition) is 2. The second-order valence-corrected chi connectivity index (χ2v) is 8.66. The van der Waals surface area contributed by atoms with Gasteiger partial charge in [-0.2, -0.15) is 13.2 Å². The largest absolute Gasteiger partial charge is 0.495 e. The van der Waals surface area contributed by atoms with E-state index in [1.165, 1.54) is 6.42 Å². The minimum absolute atomic E-state index is 0.0203. The molecule has 1 aliphatic rings. The van der Waals surface area contributed by atoms with Gasteiger partial charge in [0.05, 0.1) is 23.5 Å². The van der Waals surface area contributed by atoms with Crippen LogP contribution in [0.5, 0.6) is 0 Å². The number of halogens is 5. The van der Waals surface area contributed by atoms with E-state index >= 15 is 0 Å². The van der Waals surface area contributed by atoms with Gasteiger partial charge in [0, 0.05) is 23.6 Å². The molecule has 1 atom stereocenters. The van der Waals surface area contributed by atoms with Gasteiger partial charge in [0.15, 0.2) is 5.82 Å². The maximum Gasteiger partial charge on any atom is 0.495 e. The van der Waals surface area contributed by atoms with E-state index in [0.29, 0.717) is 6.21 Å². The van der Waals surface area contributed by atoms with Crippen molar-refractivity contribution in [3.05, 3.63) is 22.5 Å². The molecule has 1 aromatic rings. The lowest BCUT2D eigenvalue weighted by Crippen LogP contribution is -2.43. The average Bonchev–Trinajstić information content (AvgIpc) is 2.91. The number of anilines is 1. The van der Waals surface area contributed by atoms with E-state index in [9.17, 15) is 17.6 Å². The highest BCUT2D eigenvalue weighted by Gasteiger charge is 2.47. The first kappa shape index (κ1) is 24.6. The van der Waals surface area contributed by atoms with Crippen molar-refractivity contribution >= 4 is 52.9 Å². The molecule has 1 saturated heterocycles. The van der Waals surface area contributed by atoms with Crippen LogP contribution in [0, 0.1) is 18.2 Å². The minimum atomic E-state index is -4.80. The van der Waals surface area contributed by atoms with E-state index in [1.807, 2.05) is 22.0 Å². The highest BCUT2D eigenvalue weighted by Crippen LogP contribution is 2.38. The predicted molar refractivity (Wildman–Crippen MR) is 112 cm³/mol. The molecule has 0 bridgehead atoms. The molecule has 1 fully saturated rings. The minimum Gasteiger partial charge on any atom is -0.404 e. The summed E-state index contributed by atoms with van der Waals surface area (Å²) in [5, 5.41) is 10.2.